The molecular formula is C15H16N4O2. The fourth-order valence-electron chi connectivity index (χ4n) is 2.37. The van der Waals surface area contributed by atoms with Crippen LogP contribution in [-0.4, -0.2) is 35.9 Å². The van der Waals surface area contributed by atoms with Gasteiger partial charge in [0.1, 0.15) is 6.04 Å². The van der Waals surface area contributed by atoms with E-state index in [0.717, 1.165) is 16.5 Å². The van der Waals surface area contributed by atoms with Gasteiger partial charge in [0, 0.05) is 24.7 Å². The summed E-state index contributed by atoms with van der Waals surface area (Å²) in [4.78, 5) is 27.5. The highest BCUT2D eigenvalue weighted by Crippen LogP contribution is 2.15. The van der Waals surface area contributed by atoms with Crippen LogP contribution in [0.15, 0.2) is 36.5 Å². The lowest BCUT2D eigenvalue weighted by Gasteiger charge is -2.23. The summed E-state index contributed by atoms with van der Waals surface area (Å²) in [5.74, 6) is -0.208. The smallest absolute Gasteiger partial charge is 0.239 e. The first-order valence-electron chi connectivity index (χ1n) is 6.84. The number of benzene rings is 1. The van der Waals surface area contributed by atoms with Gasteiger partial charge in [0.25, 0.3) is 0 Å². The quantitative estimate of drug-likeness (QED) is 0.737. The van der Waals surface area contributed by atoms with E-state index in [2.05, 4.69) is 20.9 Å². The molecule has 2 aromatic rings. The van der Waals surface area contributed by atoms with Crippen LogP contribution in [-0.2, 0) is 16.1 Å². The number of nitrogens with zero attached hydrogens (tertiary/aromatic N) is 1. The molecule has 3 rings (SSSR count). The third-order valence-electron chi connectivity index (χ3n) is 3.50. The van der Waals surface area contributed by atoms with Crippen LogP contribution < -0.4 is 16.0 Å². The Morgan fingerprint density at radius 1 is 1.33 bits per heavy atom. The molecular weight excluding hydrogens is 268 g/mol. The van der Waals surface area contributed by atoms with Gasteiger partial charge in [0.2, 0.25) is 11.8 Å². The minimum atomic E-state index is -0.384. The van der Waals surface area contributed by atoms with Gasteiger partial charge < -0.3 is 10.6 Å². The number of pyridine rings is 1. The number of rotatable bonds is 3. The van der Waals surface area contributed by atoms with E-state index < -0.39 is 0 Å². The third-order valence-corrected chi connectivity index (χ3v) is 3.50. The SMILES string of the molecule is O=C1CNC(C(=O)NCc2cccc3cccnc23)CN1. The molecule has 1 aliphatic heterocycles. The van der Waals surface area contributed by atoms with Gasteiger partial charge in [0.15, 0.2) is 0 Å². The highest BCUT2D eigenvalue weighted by Gasteiger charge is 2.23. The lowest BCUT2D eigenvalue weighted by molar-refractivity contribution is -0.126. The second-order valence-electron chi connectivity index (χ2n) is 4.95. The molecule has 6 heteroatoms. The number of carbonyl (C=O) groups is 2. The summed E-state index contributed by atoms with van der Waals surface area (Å²) < 4.78 is 0. The van der Waals surface area contributed by atoms with Gasteiger partial charge in [-0.3, -0.25) is 19.9 Å². The van der Waals surface area contributed by atoms with E-state index in [1.165, 1.54) is 0 Å². The van der Waals surface area contributed by atoms with Crippen molar-refractivity contribution < 1.29 is 9.59 Å². The van der Waals surface area contributed by atoms with E-state index in [9.17, 15) is 9.59 Å². The molecule has 0 saturated carbocycles. The maximum absolute atomic E-state index is 12.1. The van der Waals surface area contributed by atoms with Gasteiger partial charge in [-0.25, -0.2) is 0 Å². The van der Waals surface area contributed by atoms with E-state index >= 15 is 0 Å². The molecule has 2 heterocycles. The first kappa shape index (κ1) is 13.5. The van der Waals surface area contributed by atoms with Crippen LogP contribution in [0.2, 0.25) is 0 Å². The van der Waals surface area contributed by atoms with Crippen LogP contribution in [0, 0.1) is 0 Å². The van der Waals surface area contributed by atoms with Gasteiger partial charge >= 0.3 is 0 Å². The zero-order valence-electron chi connectivity index (χ0n) is 11.4. The molecule has 1 aliphatic rings. The second kappa shape index (κ2) is 5.88. The Kier molecular flexibility index (Phi) is 3.79. The standard InChI is InChI=1S/C15H16N4O2/c20-13-9-17-12(8-18-13)15(21)19-7-11-4-1-3-10-5-2-6-16-14(10)11/h1-6,12,17H,7-9H2,(H,18,20)(H,19,21). The van der Waals surface area contributed by atoms with E-state index in [0.29, 0.717) is 13.1 Å². The first-order chi connectivity index (χ1) is 10.2. The van der Waals surface area contributed by atoms with Crippen molar-refractivity contribution in [3.8, 4) is 0 Å². The summed E-state index contributed by atoms with van der Waals surface area (Å²) in [5.41, 5.74) is 1.87. The molecule has 1 saturated heterocycles. The maximum Gasteiger partial charge on any atom is 0.239 e. The van der Waals surface area contributed by atoms with Gasteiger partial charge in [0.05, 0.1) is 12.1 Å². The van der Waals surface area contributed by atoms with Crippen LogP contribution in [0.25, 0.3) is 10.9 Å². The zero-order valence-corrected chi connectivity index (χ0v) is 11.4. The van der Waals surface area contributed by atoms with Crippen molar-refractivity contribution in [1.29, 1.82) is 0 Å². The Balaban J connectivity index is 1.66. The Hall–Kier alpha value is -2.47. The second-order valence-corrected chi connectivity index (χ2v) is 4.95. The van der Waals surface area contributed by atoms with Crippen LogP contribution in [0.3, 0.4) is 0 Å². The van der Waals surface area contributed by atoms with Crippen LogP contribution in [0.1, 0.15) is 5.56 Å². The van der Waals surface area contributed by atoms with Crippen molar-refractivity contribution in [3.63, 3.8) is 0 Å². The molecule has 1 unspecified atom stereocenters. The predicted molar refractivity (Wildman–Crippen MR) is 78.4 cm³/mol. The topological polar surface area (TPSA) is 83.1 Å². The normalized spacial score (nSPS) is 18.3. The van der Waals surface area contributed by atoms with Crippen molar-refractivity contribution in [1.82, 2.24) is 20.9 Å². The monoisotopic (exact) mass is 284 g/mol. The predicted octanol–water partition coefficient (Wildman–Crippen LogP) is -0.0610. The largest absolute Gasteiger partial charge is 0.353 e. The molecule has 0 aliphatic carbocycles. The van der Waals surface area contributed by atoms with Gasteiger partial charge in [-0.15, -0.1) is 0 Å². The third kappa shape index (κ3) is 3.00. The summed E-state index contributed by atoms with van der Waals surface area (Å²) in [6.07, 6.45) is 1.74. The molecule has 6 nitrogen and oxygen atoms in total. The zero-order chi connectivity index (χ0) is 14.7. The molecule has 1 aromatic carbocycles. The van der Waals surface area contributed by atoms with Crippen LogP contribution in [0.4, 0.5) is 0 Å². The van der Waals surface area contributed by atoms with E-state index in [-0.39, 0.29) is 24.4 Å². The van der Waals surface area contributed by atoms with Gasteiger partial charge in [-0.1, -0.05) is 24.3 Å². The summed E-state index contributed by atoms with van der Waals surface area (Å²) in [7, 11) is 0. The maximum atomic E-state index is 12.1. The molecule has 0 spiro atoms. The molecule has 21 heavy (non-hydrogen) atoms. The van der Waals surface area contributed by atoms with E-state index in [1.54, 1.807) is 6.20 Å². The minimum Gasteiger partial charge on any atom is -0.353 e. The number of hydrogen-bond acceptors (Lipinski definition) is 4. The van der Waals surface area contributed by atoms with Crippen LogP contribution in [0.5, 0.6) is 0 Å². The first-order valence-corrected chi connectivity index (χ1v) is 6.84. The van der Waals surface area contributed by atoms with E-state index in [4.69, 9.17) is 0 Å². The van der Waals surface area contributed by atoms with Crippen molar-refractivity contribution in [2.75, 3.05) is 13.1 Å². The molecule has 3 N–H and O–H groups in total. The summed E-state index contributed by atoms with van der Waals surface area (Å²) in [5, 5.41) is 9.50. The van der Waals surface area contributed by atoms with Crippen molar-refractivity contribution in [2.24, 2.45) is 0 Å². The average Bonchev–Trinajstić information content (AvgIpc) is 2.53. The Labute approximate surface area is 121 Å². The molecule has 1 atom stereocenters. The Morgan fingerprint density at radius 2 is 2.19 bits per heavy atom. The van der Waals surface area contributed by atoms with Gasteiger partial charge in [-0.05, 0) is 11.6 Å². The molecule has 108 valence electrons. The van der Waals surface area contributed by atoms with Crippen LogP contribution >= 0.6 is 0 Å². The Morgan fingerprint density at radius 3 is 3.00 bits per heavy atom. The molecule has 1 fully saturated rings. The molecule has 0 radical (unpaired) electrons. The highest BCUT2D eigenvalue weighted by atomic mass is 16.2. The number of amides is 2. The molecule has 2 amide bonds. The number of hydrogen-bond donors (Lipinski definition) is 3. The fourth-order valence-corrected chi connectivity index (χ4v) is 2.37. The number of piperazine rings is 1. The summed E-state index contributed by atoms with van der Waals surface area (Å²) in [6, 6.07) is 9.39. The van der Waals surface area contributed by atoms with Crippen molar-refractivity contribution in [2.45, 2.75) is 12.6 Å². The van der Waals surface area contributed by atoms with Crippen molar-refractivity contribution >= 4 is 22.7 Å². The Bertz CT molecular complexity index is 671. The lowest BCUT2D eigenvalue weighted by atomic mass is 10.1. The van der Waals surface area contributed by atoms with Crippen molar-refractivity contribution in [3.05, 3.63) is 42.1 Å². The minimum absolute atomic E-state index is 0.0858. The number of carbonyl (C=O) groups excluding carboxylic acids is 2. The van der Waals surface area contributed by atoms with E-state index in [1.807, 2.05) is 30.3 Å². The number of aromatic nitrogens is 1. The van der Waals surface area contributed by atoms with Gasteiger partial charge in [-0.2, -0.15) is 0 Å². The summed E-state index contributed by atoms with van der Waals surface area (Å²) in [6.45, 7) is 0.908. The summed E-state index contributed by atoms with van der Waals surface area (Å²) >= 11 is 0. The number of para-hydroxylation sites is 1. The molecule has 1 aromatic heterocycles. The number of fused-ring (bicyclic) bond motifs is 1. The lowest BCUT2D eigenvalue weighted by Crippen LogP contribution is -2.57. The number of nitrogens with one attached hydrogen (secondary N) is 3. The molecule has 0 bridgehead atoms. The fraction of sp³-hybridized carbons (Fsp3) is 0.267. The highest BCUT2D eigenvalue weighted by molar-refractivity contribution is 5.87. The average molecular weight is 284 g/mol.